The van der Waals surface area contributed by atoms with Crippen molar-refractivity contribution in [3.63, 3.8) is 0 Å². The average molecular weight is 379 g/mol. The van der Waals surface area contributed by atoms with Crippen molar-refractivity contribution in [2.75, 3.05) is 31.1 Å². The van der Waals surface area contributed by atoms with E-state index in [1.165, 1.54) is 12.3 Å². The number of hydrogen-bond acceptors (Lipinski definition) is 6. The molecule has 0 unspecified atom stereocenters. The molecule has 138 valence electrons. The molecule has 1 fully saturated rings. The third-order valence-electron chi connectivity index (χ3n) is 4.33. The number of carbonyl (C=O) groups is 1. The Morgan fingerprint density at radius 1 is 1.27 bits per heavy atom. The van der Waals surface area contributed by atoms with Crippen molar-refractivity contribution in [1.82, 2.24) is 19.7 Å². The van der Waals surface area contributed by atoms with Crippen LogP contribution < -0.4 is 4.90 Å². The van der Waals surface area contributed by atoms with Crippen molar-refractivity contribution in [1.29, 1.82) is 0 Å². The number of anilines is 1. The van der Waals surface area contributed by atoms with E-state index < -0.39 is 4.92 Å². The number of aromatic nitrogens is 3. The first-order valence-corrected chi connectivity index (χ1v) is 8.56. The van der Waals surface area contributed by atoms with Crippen LogP contribution in [0.5, 0.6) is 0 Å². The molecule has 0 saturated carbocycles. The van der Waals surface area contributed by atoms with Gasteiger partial charge in [0.1, 0.15) is 6.54 Å². The summed E-state index contributed by atoms with van der Waals surface area (Å²) in [6, 6.07) is 3.22. The summed E-state index contributed by atoms with van der Waals surface area (Å²) in [4.78, 5) is 30.9. The predicted molar refractivity (Wildman–Crippen MR) is 96.4 cm³/mol. The Morgan fingerprint density at radius 3 is 2.54 bits per heavy atom. The van der Waals surface area contributed by atoms with E-state index in [2.05, 4.69) is 10.1 Å². The molecule has 1 amide bonds. The van der Waals surface area contributed by atoms with Gasteiger partial charge in [0.15, 0.2) is 0 Å². The lowest BCUT2D eigenvalue weighted by atomic mass is 10.2. The number of carbonyl (C=O) groups excluding carboxylic acids is 1. The van der Waals surface area contributed by atoms with Crippen LogP contribution in [0.2, 0.25) is 5.02 Å². The summed E-state index contributed by atoms with van der Waals surface area (Å²) in [5.74, 6) is 0.263. The molecule has 3 rings (SSSR count). The third-order valence-corrected chi connectivity index (χ3v) is 4.54. The second-order valence-corrected chi connectivity index (χ2v) is 6.64. The molecule has 9 nitrogen and oxygen atoms in total. The monoisotopic (exact) mass is 378 g/mol. The highest BCUT2D eigenvalue weighted by Gasteiger charge is 2.27. The number of nitro groups is 1. The van der Waals surface area contributed by atoms with Crippen molar-refractivity contribution < 1.29 is 9.72 Å². The Bertz CT molecular complexity index is 845. The highest BCUT2D eigenvalue weighted by atomic mass is 35.5. The van der Waals surface area contributed by atoms with Crippen LogP contribution in [-0.2, 0) is 11.3 Å². The summed E-state index contributed by atoms with van der Waals surface area (Å²) < 4.78 is 1.69. The first kappa shape index (κ1) is 18.1. The van der Waals surface area contributed by atoms with E-state index >= 15 is 0 Å². The fourth-order valence-corrected chi connectivity index (χ4v) is 3.18. The summed E-state index contributed by atoms with van der Waals surface area (Å²) in [5, 5.41) is 15.8. The van der Waals surface area contributed by atoms with Crippen LogP contribution in [0.3, 0.4) is 0 Å². The van der Waals surface area contributed by atoms with E-state index in [-0.39, 0.29) is 29.0 Å². The van der Waals surface area contributed by atoms with Crippen LogP contribution >= 0.6 is 11.6 Å². The molecule has 0 N–H and O–H groups in total. The molecule has 2 aromatic rings. The number of aryl methyl sites for hydroxylation is 2. The molecule has 0 bridgehead atoms. The van der Waals surface area contributed by atoms with Crippen molar-refractivity contribution in [2.45, 2.75) is 20.4 Å². The molecular weight excluding hydrogens is 360 g/mol. The van der Waals surface area contributed by atoms with E-state index in [1.54, 1.807) is 9.58 Å². The fraction of sp³-hybridized carbons (Fsp3) is 0.438. The smallest absolute Gasteiger partial charge is 0.313 e. The van der Waals surface area contributed by atoms with Gasteiger partial charge in [-0.05, 0) is 19.9 Å². The van der Waals surface area contributed by atoms with Crippen LogP contribution in [0.15, 0.2) is 18.3 Å². The van der Waals surface area contributed by atoms with Crippen LogP contribution in [0, 0.1) is 24.0 Å². The van der Waals surface area contributed by atoms with Gasteiger partial charge in [0, 0.05) is 44.1 Å². The first-order chi connectivity index (χ1) is 12.3. The number of nitrogens with zero attached hydrogens (tertiary/aromatic N) is 6. The molecule has 0 radical (unpaired) electrons. The van der Waals surface area contributed by atoms with E-state index in [4.69, 9.17) is 11.6 Å². The molecule has 2 aromatic heterocycles. The second-order valence-electron chi connectivity index (χ2n) is 6.21. The molecule has 0 spiro atoms. The number of pyridine rings is 1. The van der Waals surface area contributed by atoms with Crippen molar-refractivity contribution in [3.8, 4) is 0 Å². The normalized spacial score (nSPS) is 14.6. The van der Waals surface area contributed by atoms with Gasteiger partial charge in [-0.1, -0.05) is 11.6 Å². The molecule has 10 heteroatoms. The highest BCUT2D eigenvalue weighted by molar-refractivity contribution is 6.30. The quantitative estimate of drug-likeness (QED) is 0.594. The molecule has 0 aliphatic carbocycles. The largest absolute Gasteiger partial charge is 0.347 e. The minimum absolute atomic E-state index is 0.0191. The standard InChI is InChI=1S/C16H19ClN6O3/c1-11-7-12(2)22(19-11)10-15(24)20-3-5-21(6-4-20)16-14(23(25)26)8-13(17)9-18-16/h7-9H,3-6,10H2,1-2H3. The number of amides is 1. The van der Waals surface area contributed by atoms with Gasteiger partial charge in [-0.3, -0.25) is 19.6 Å². The Hall–Kier alpha value is -2.68. The molecule has 1 saturated heterocycles. The zero-order valence-electron chi connectivity index (χ0n) is 14.6. The zero-order valence-corrected chi connectivity index (χ0v) is 15.3. The lowest BCUT2D eigenvalue weighted by Gasteiger charge is -2.35. The van der Waals surface area contributed by atoms with Crippen molar-refractivity contribution in [2.24, 2.45) is 0 Å². The number of rotatable bonds is 4. The molecule has 1 aliphatic rings. The molecule has 26 heavy (non-hydrogen) atoms. The van der Waals surface area contributed by atoms with Crippen LogP contribution in [0.25, 0.3) is 0 Å². The molecule has 3 heterocycles. The minimum Gasteiger partial charge on any atom is -0.347 e. The van der Waals surface area contributed by atoms with Gasteiger partial charge >= 0.3 is 5.69 Å². The maximum absolute atomic E-state index is 12.5. The lowest BCUT2D eigenvalue weighted by Crippen LogP contribution is -2.50. The van der Waals surface area contributed by atoms with Gasteiger partial charge in [0.05, 0.1) is 15.6 Å². The number of hydrogen-bond donors (Lipinski definition) is 0. The van der Waals surface area contributed by atoms with E-state index in [0.717, 1.165) is 11.4 Å². The van der Waals surface area contributed by atoms with Crippen LogP contribution in [-0.4, -0.2) is 56.7 Å². The Kier molecular flexibility index (Phi) is 5.08. The van der Waals surface area contributed by atoms with E-state index in [0.29, 0.717) is 26.2 Å². The highest BCUT2D eigenvalue weighted by Crippen LogP contribution is 2.29. The summed E-state index contributed by atoms with van der Waals surface area (Å²) in [5.41, 5.74) is 1.69. The second kappa shape index (κ2) is 7.28. The van der Waals surface area contributed by atoms with Gasteiger partial charge in [0.25, 0.3) is 0 Å². The van der Waals surface area contributed by atoms with Crippen LogP contribution in [0.4, 0.5) is 11.5 Å². The summed E-state index contributed by atoms with van der Waals surface area (Å²) in [6.07, 6.45) is 1.39. The van der Waals surface area contributed by atoms with E-state index in [1.807, 2.05) is 24.8 Å². The average Bonchev–Trinajstić information content (AvgIpc) is 2.92. The number of halogens is 1. The number of piperazine rings is 1. The van der Waals surface area contributed by atoms with Gasteiger partial charge in [0.2, 0.25) is 11.7 Å². The first-order valence-electron chi connectivity index (χ1n) is 8.19. The lowest BCUT2D eigenvalue weighted by molar-refractivity contribution is -0.384. The van der Waals surface area contributed by atoms with Gasteiger partial charge in [-0.15, -0.1) is 0 Å². The Labute approximate surface area is 155 Å². The maximum atomic E-state index is 12.5. The molecular formula is C16H19ClN6O3. The summed E-state index contributed by atoms with van der Waals surface area (Å²) in [7, 11) is 0. The van der Waals surface area contributed by atoms with Crippen molar-refractivity contribution in [3.05, 3.63) is 44.9 Å². The fourth-order valence-electron chi connectivity index (χ4n) is 3.03. The minimum atomic E-state index is -0.492. The topological polar surface area (TPSA) is 97.4 Å². The van der Waals surface area contributed by atoms with Gasteiger partial charge in [-0.2, -0.15) is 5.10 Å². The van der Waals surface area contributed by atoms with E-state index in [9.17, 15) is 14.9 Å². The Morgan fingerprint density at radius 2 is 1.96 bits per heavy atom. The Balaban J connectivity index is 1.65. The SMILES string of the molecule is Cc1cc(C)n(CC(=O)N2CCN(c3ncc(Cl)cc3[N+](=O)[O-])CC2)n1. The zero-order chi connectivity index (χ0) is 18.8. The van der Waals surface area contributed by atoms with Crippen molar-refractivity contribution >= 4 is 29.0 Å². The summed E-state index contributed by atoms with van der Waals surface area (Å²) >= 11 is 5.81. The summed E-state index contributed by atoms with van der Waals surface area (Å²) in [6.45, 7) is 5.88. The predicted octanol–water partition coefficient (Wildman–Crippen LogP) is 1.81. The van der Waals surface area contributed by atoms with Gasteiger partial charge in [-0.25, -0.2) is 4.98 Å². The van der Waals surface area contributed by atoms with Gasteiger partial charge < -0.3 is 9.80 Å². The maximum Gasteiger partial charge on any atom is 0.313 e. The molecule has 0 aromatic carbocycles. The molecule has 1 aliphatic heterocycles. The third kappa shape index (κ3) is 3.77. The molecule has 0 atom stereocenters. The van der Waals surface area contributed by atoms with Crippen LogP contribution in [0.1, 0.15) is 11.4 Å².